The van der Waals surface area contributed by atoms with Crippen molar-refractivity contribution in [2.75, 3.05) is 19.8 Å². The van der Waals surface area contributed by atoms with Gasteiger partial charge >= 0.3 is 0 Å². The first-order valence-electron chi connectivity index (χ1n) is 4.55. The van der Waals surface area contributed by atoms with Crippen LogP contribution >= 0.6 is 15.9 Å². The summed E-state index contributed by atoms with van der Waals surface area (Å²) in [6, 6.07) is 3.36. The van der Waals surface area contributed by atoms with Gasteiger partial charge in [-0.3, -0.25) is 4.79 Å². The predicted molar refractivity (Wildman–Crippen MR) is 58.5 cm³/mol. The maximum absolute atomic E-state index is 11.4. The molecule has 80 valence electrons. The lowest BCUT2D eigenvalue weighted by Gasteiger charge is -2.20. The van der Waals surface area contributed by atoms with Crippen LogP contribution in [-0.4, -0.2) is 25.5 Å². The van der Waals surface area contributed by atoms with Gasteiger partial charge in [-0.2, -0.15) is 0 Å². The van der Waals surface area contributed by atoms with Gasteiger partial charge in [0.25, 0.3) is 0 Å². The summed E-state index contributed by atoms with van der Waals surface area (Å²) >= 11 is 3.33. The number of rotatable bonds is 2. The highest BCUT2D eigenvalue weighted by molar-refractivity contribution is 9.10. The lowest BCUT2D eigenvalue weighted by atomic mass is 10.1. The van der Waals surface area contributed by atoms with E-state index >= 15 is 0 Å². The van der Waals surface area contributed by atoms with Crippen molar-refractivity contribution < 1.29 is 14.3 Å². The van der Waals surface area contributed by atoms with Crippen LogP contribution < -0.4 is 15.2 Å². The largest absolute Gasteiger partial charge is 0.486 e. The zero-order chi connectivity index (χ0) is 10.8. The van der Waals surface area contributed by atoms with Gasteiger partial charge < -0.3 is 15.2 Å². The number of fused-ring (bicyclic) bond motifs is 1. The Morgan fingerprint density at radius 2 is 2.13 bits per heavy atom. The van der Waals surface area contributed by atoms with Gasteiger partial charge in [-0.25, -0.2) is 0 Å². The Bertz CT molecular complexity index is 406. The number of carbonyl (C=O) groups excluding carboxylic acids is 1. The van der Waals surface area contributed by atoms with E-state index in [1.807, 2.05) is 0 Å². The molecule has 1 heterocycles. The van der Waals surface area contributed by atoms with Crippen molar-refractivity contribution in [2.24, 2.45) is 5.73 Å². The minimum Gasteiger partial charge on any atom is -0.486 e. The van der Waals surface area contributed by atoms with E-state index in [0.717, 1.165) is 4.47 Å². The van der Waals surface area contributed by atoms with E-state index in [1.165, 1.54) is 0 Å². The Morgan fingerprint density at radius 3 is 2.87 bits per heavy atom. The minimum atomic E-state index is -0.118. The highest BCUT2D eigenvalue weighted by Gasteiger charge is 2.18. The molecule has 0 unspecified atom stereocenters. The van der Waals surface area contributed by atoms with E-state index < -0.39 is 0 Å². The molecule has 1 aliphatic rings. The Hall–Kier alpha value is -1.07. The molecule has 0 spiro atoms. The molecule has 0 amide bonds. The smallest absolute Gasteiger partial charge is 0.176 e. The Balaban J connectivity index is 2.45. The molecule has 0 aromatic heterocycles. The second kappa shape index (κ2) is 4.20. The summed E-state index contributed by atoms with van der Waals surface area (Å²) < 4.78 is 11.5. The van der Waals surface area contributed by atoms with Gasteiger partial charge in [0.2, 0.25) is 0 Å². The summed E-state index contributed by atoms with van der Waals surface area (Å²) in [4.78, 5) is 11.4. The lowest BCUT2D eigenvalue weighted by Crippen LogP contribution is -2.18. The highest BCUT2D eigenvalue weighted by atomic mass is 79.9. The minimum absolute atomic E-state index is 0.00785. The zero-order valence-electron chi connectivity index (χ0n) is 7.96. The average molecular weight is 272 g/mol. The van der Waals surface area contributed by atoms with Crippen LogP contribution in [0.5, 0.6) is 11.5 Å². The fourth-order valence-electron chi connectivity index (χ4n) is 1.39. The molecule has 0 aliphatic carbocycles. The Morgan fingerprint density at radius 1 is 1.40 bits per heavy atom. The number of nitrogens with two attached hydrogens (primary N) is 1. The molecule has 1 aliphatic heterocycles. The van der Waals surface area contributed by atoms with Crippen molar-refractivity contribution in [1.29, 1.82) is 0 Å². The van der Waals surface area contributed by atoms with Crippen LogP contribution in [0, 0.1) is 0 Å². The van der Waals surface area contributed by atoms with Crippen LogP contribution in [0.3, 0.4) is 0 Å². The molecule has 0 fully saturated rings. The first kappa shape index (κ1) is 10.4. The molecule has 2 N–H and O–H groups in total. The third-order valence-electron chi connectivity index (χ3n) is 2.10. The van der Waals surface area contributed by atoms with Gasteiger partial charge in [0.05, 0.1) is 11.0 Å². The third kappa shape index (κ3) is 1.98. The number of carbonyl (C=O) groups is 1. The van der Waals surface area contributed by atoms with E-state index in [4.69, 9.17) is 15.2 Å². The molecule has 0 saturated carbocycles. The van der Waals surface area contributed by atoms with Crippen LogP contribution in [-0.2, 0) is 0 Å². The van der Waals surface area contributed by atoms with E-state index in [-0.39, 0.29) is 12.3 Å². The quantitative estimate of drug-likeness (QED) is 0.826. The van der Waals surface area contributed by atoms with Gasteiger partial charge in [-0.15, -0.1) is 0 Å². The van der Waals surface area contributed by atoms with Crippen molar-refractivity contribution in [3.8, 4) is 11.5 Å². The number of halogens is 1. The highest BCUT2D eigenvalue weighted by Crippen LogP contribution is 2.38. The van der Waals surface area contributed by atoms with Crippen LogP contribution in [0.2, 0.25) is 0 Å². The fraction of sp³-hybridized carbons (Fsp3) is 0.300. The lowest BCUT2D eigenvalue weighted by molar-refractivity contribution is 0.1000. The monoisotopic (exact) mass is 271 g/mol. The topological polar surface area (TPSA) is 61.6 Å². The standard InChI is InChI=1S/C10H10BrNO3/c11-7-3-6(8(13)5-12)4-9-10(7)15-2-1-14-9/h3-4H,1-2,5,12H2. The number of Topliss-reactive ketones (excluding diaryl/α,β-unsaturated/α-hetero) is 1. The molecule has 0 atom stereocenters. The van der Waals surface area contributed by atoms with Gasteiger partial charge in [0, 0.05) is 5.56 Å². The van der Waals surface area contributed by atoms with E-state index in [0.29, 0.717) is 30.3 Å². The second-order valence-corrected chi connectivity index (χ2v) is 3.96. The van der Waals surface area contributed by atoms with Crippen molar-refractivity contribution in [2.45, 2.75) is 0 Å². The summed E-state index contributed by atoms with van der Waals surface area (Å²) in [6.07, 6.45) is 0. The molecule has 15 heavy (non-hydrogen) atoms. The van der Waals surface area contributed by atoms with E-state index in [9.17, 15) is 4.79 Å². The molecular weight excluding hydrogens is 262 g/mol. The average Bonchev–Trinajstić information content (AvgIpc) is 2.28. The number of hydrogen-bond donors (Lipinski definition) is 1. The van der Waals surface area contributed by atoms with Crippen LogP contribution in [0.1, 0.15) is 10.4 Å². The first-order valence-corrected chi connectivity index (χ1v) is 5.34. The summed E-state index contributed by atoms with van der Waals surface area (Å²) in [5, 5.41) is 0. The summed E-state index contributed by atoms with van der Waals surface area (Å²) in [5.74, 6) is 1.12. The SMILES string of the molecule is NCC(=O)c1cc(Br)c2c(c1)OCCO2. The molecule has 0 bridgehead atoms. The van der Waals surface area contributed by atoms with Crippen LogP contribution in [0.25, 0.3) is 0 Å². The van der Waals surface area contributed by atoms with Crippen molar-refractivity contribution in [1.82, 2.24) is 0 Å². The normalized spacial score (nSPS) is 13.7. The van der Waals surface area contributed by atoms with Gasteiger partial charge in [-0.1, -0.05) is 0 Å². The number of ether oxygens (including phenoxy) is 2. The fourth-order valence-corrected chi connectivity index (χ4v) is 1.95. The molecule has 1 aromatic carbocycles. The van der Waals surface area contributed by atoms with E-state index in [2.05, 4.69) is 15.9 Å². The van der Waals surface area contributed by atoms with Crippen LogP contribution in [0.4, 0.5) is 0 Å². The van der Waals surface area contributed by atoms with Gasteiger partial charge in [-0.05, 0) is 28.1 Å². The molecule has 5 heteroatoms. The first-order chi connectivity index (χ1) is 7.22. The number of benzene rings is 1. The molecule has 4 nitrogen and oxygen atoms in total. The molecule has 1 aromatic rings. The van der Waals surface area contributed by atoms with Crippen molar-refractivity contribution >= 4 is 21.7 Å². The van der Waals surface area contributed by atoms with Crippen LogP contribution in [0.15, 0.2) is 16.6 Å². The summed E-state index contributed by atoms with van der Waals surface area (Å²) in [5.41, 5.74) is 5.83. The van der Waals surface area contributed by atoms with Crippen molar-refractivity contribution in [3.05, 3.63) is 22.2 Å². The molecule has 0 radical (unpaired) electrons. The molecular formula is C10H10BrNO3. The zero-order valence-corrected chi connectivity index (χ0v) is 9.54. The van der Waals surface area contributed by atoms with E-state index in [1.54, 1.807) is 12.1 Å². The number of hydrogen-bond acceptors (Lipinski definition) is 4. The van der Waals surface area contributed by atoms with Gasteiger partial charge in [0.1, 0.15) is 13.2 Å². The van der Waals surface area contributed by atoms with Crippen molar-refractivity contribution in [3.63, 3.8) is 0 Å². The summed E-state index contributed by atoms with van der Waals surface area (Å²) in [6.45, 7) is 1.02. The summed E-state index contributed by atoms with van der Waals surface area (Å²) in [7, 11) is 0. The number of ketones is 1. The molecule has 2 rings (SSSR count). The predicted octanol–water partition coefficient (Wildman–Crippen LogP) is 1.36. The third-order valence-corrected chi connectivity index (χ3v) is 2.69. The second-order valence-electron chi connectivity index (χ2n) is 3.11. The Labute approximate surface area is 95.5 Å². The Kier molecular flexibility index (Phi) is 2.93. The maximum Gasteiger partial charge on any atom is 0.176 e. The maximum atomic E-state index is 11.4. The van der Waals surface area contributed by atoms with Gasteiger partial charge in [0.15, 0.2) is 17.3 Å². The molecule has 0 saturated heterocycles.